The number of amides is 2. The third-order valence-electron chi connectivity index (χ3n) is 6.03. The molecule has 0 saturated carbocycles. The molecule has 2 amide bonds. The first-order valence-corrected chi connectivity index (χ1v) is 13.0. The van der Waals surface area contributed by atoms with Crippen LogP contribution in [0.15, 0.2) is 114 Å². The molecule has 9 nitrogen and oxygen atoms in total. The van der Waals surface area contributed by atoms with Crippen molar-refractivity contribution in [3.63, 3.8) is 0 Å². The molecule has 0 saturated heterocycles. The number of rotatable bonds is 10. The van der Waals surface area contributed by atoms with Gasteiger partial charge in [0.1, 0.15) is 5.70 Å². The van der Waals surface area contributed by atoms with Gasteiger partial charge in [0.15, 0.2) is 11.5 Å². The van der Waals surface area contributed by atoms with Crippen LogP contribution < -0.4 is 25.1 Å². The number of anilines is 1. The Morgan fingerprint density at radius 2 is 1.38 bits per heavy atom. The van der Waals surface area contributed by atoms with Gasteiger partial charge in [-0.1, -0.05) is 48.5 Å². The molecule has 4 aromatic carbocycles. The van der Waals surface area contributed by atoms with Gasteiger partial charge in [0.25, 0.3) is 11.8 Å². The summed E-state index contributed by atoms with van der Waals surface area (Å²) in [4.78, 5) is 40.3. The fourth-order valence-corrected chi connectivity index (χ4v) is 3.79. The van der Waals surface area contributed by atoms with Crippen LogP contribution in [-0.4, -0.2) is 45.2 Å². The van der Waals surface area contributed by atoms with E-state index in [1.54, 1.807) is 78.9 Å². The van der Waals surface area contributed by atoms with Gasteiger partial charge in [0, 0.05) is 25.3 Å². The molecule has 0 aliphatic rings. The molecule has 212 valence electrons. The number of hydrogen-bond acceptors (Lipinski definition) is 7. The molecule has 0 radical (unpaired) electrons. The highest BCUT2D eigenvalue weighted by Crippen LogP contribution is 2.28. The monoisotopic (exact) mass is 562 g/mol. The SMILES string of the molecule is COc1cc(C=NNC(=O)/C(=C\c2ccc(N(C)C)cc2)NC(=O)c2ccccc2)ccc1OC(=O)c1ccccc1. The van der Waals surface area contributed by atoms with Gasteiger partial charge in [0.2, 0.25) is 0 Å². The van der Waals surface area contributed by atoms with E-state index in [0.717, 1.165) is 5.69 Å². The Hall–Kier alpha value is -5.70. The Bertz CT molecular complexity index is 1600. The van der Waals surface area contributed by atoms with Gasteiger partial charge in [-0.15, -0.1) is 0 Å². The first kappa shape index (κ1) is 29.3. The summed E-state index contributed by atoms with van der Waals surface area (Å²) in [7, 11) is 5.32. The summed E-state index contributed by atoms with van der Waals surface area (Å²) in [6.07, 6.45) is 2.98. The summed E-state index contributed by atoms with van der Waals surface area (Å²) < 4.78 is 10.9. The highest BCUT2D eigenvalue weighted by atomic mass is 16.6. The second kappa shape index (κ2) is 14.1. The van der Waals surface area contributed by atoms with E-state index in [0.29, 0.717) is 28.0 Å². The van der Waals surface area contributed by atoms with E-state index in [4.69, 9.17) is 9.47 Å². The van der Waals surface area contributed by atoms with E-state index in [-0.39, 0.29) is 11.4 Å². The molecule has 0 spiro atoms. The lowest BCUT2D eigenvalue weighted by molar-refractivity contribution is -0.117. The molecule has 0 bridgehead atoms. The van der Waals surface area contributed by atoms with E-state index < -0.39 is 17.8 Å². The van der Waals surface area contributed by atoms with Crippen LogP contribution in [0.25, 0.3) is 6.08 Å². The molecule has 2 N–H and O–H groups in total. The van der Waals surface area contributed by atoms with Gasteiger partial charge >= 0.3 is 5.97 Å². The van der Waals surface area contributed by atoms with Crippen LogP contribution >= 0.6 is 0 Å². The maximum absolute atomic E-state index is 13.1. The second-order valence-electron chi connectivity index (χ2n) is 9.23. The molecule has 0 heterocycles. The number of methoxy groups -OCH3 is 1. The van der Waals surface area contributed by atoms with Crippen molar-refractivity contribution in [3.05, 3.63) is 131 Å². The van der Waals surface area contributed by atoms with Crippen molar-refractivity contribution in [3.8, 4) is 11.5 Å². The van der Waals surface area contributed by atoms with Crippen LogP contribution in [0.5, 0.6) is 11.5 Å². The van der Waals surface area contributed by atoms with E-state index in [1.807, 2.05) is 49.3 Å². The summed E-state index contributed by atoms with van der Waals surface area (Å²) in [6, 6.07) is 29.6. The minimum atomic E-state index is -0.618. The number of benzene rings is 4. The molecule has 0 aromatic heterocycles. The van der Waals surface area contributed by atoms with Crippen molar-refractivity contribution in [2.24, 2.45) is 5.10 Å². The topological polar surface area (TPSA) is 109 Å². The summed E-state index contributed by atoms with van der Waals surface area (Å²) in [5.74, 6) is -1.02. The van der Waals surface area contributed by atoms with Crippen LogP contribution in [0.1, 0.15) is 31.8 Å². The number of ether oxygens (including phenoxy) is 2. The lowest BCUT2D eigenvalue weighted by atomic mass is 10.1. The Labute approximate surface area is 244 Å². The van der Waals surface area contributed by atoms with E-state index in [2.05, 4.69) is 15.8 Å². The average Bonchev–Trinajstić information content (AvgIpc) is 3.02. The normalized spacial score (nSPS) is 11.1. The average molecular weight is 563 g/mol. The maximum atomic E-state index is 13.1. The van der Waals surface area contributed by atoms with Crippen LogP contribution in [0.4, 0.5) is 5.69 Å². The number of hydrazone groups is 1. The maximum Gasteiger partial charge on any atom is 0.343 e. The third-order valence-corrected chi connectivity index (χ3v) is 6.03. The highest BCUT2D eigenvalue weighted by molar-refractivity contribution is 6.05. The molecular formula is C33H30N4O5. The Morgan fingerprint density at radius 1 is 0.762 bits per heavy atom. The zero-order valence-electron chi connectivity index (χ0n) is 23.4. The standard InChI is InChI=1S/C33H30N4O5/c1-37(2)27-17-14-23(15-18-27)20-28(35-31(38)25-10-6-4-7-11-25)32(39)36-34-22-24-16-19-29(30(21-24)41-3)42-33(40)26-12-8-5-9-13-26/h4-22H,1-3H3,(H,35,38)(H,36,39)/b28-20+,34-22?. The van der Waals surface area contributed by atoms with Gasteiger partial charge in [-0.05, 0) is 71.8 Å². The zero-order valence-corrected chi connectivity index (χ0v) is 23.4. The van der Waals surface area contributed by atoms with Crippen LogP contribution in [0, 0.1) is 0 Å². The first-order chi connectivity index (χ1) is 20.3. The fraction of sp³-hybridized carbons (Fsp3) is 0.0909. The summed E-state index contributed by atoms with van der Waals surface area (Å²) in [5, 5.41) is 6.73. The highest BCUT2D eigenvalue weighted by Gasteiger charge is 2.15. The lowest BCUT2D eigenvalue weighted by Crippen LogP contribution is -2.32. The quantitative estimate of drug-likeness (QED) is 0.0936. The molecular weight excluding hydrogens is 532 g/mol. The Kier molecular flexibility index (Phi) is 9.82. The second-order valence-corrected chi connectivity index (χ2v) is 9.23. The van der Waals surface area contributed by atoms with Gasteiger partial charge in [-0.2, -0.15) is 5.10 Å². The molecule has 0 unspecified atom stereocenters. The predicted molar refractivity (Wildman–Crippen MR) is 163 cm³/mol. The Morgan fingerprint density at radius 3 is 2.00 bits per heavy atom. The molecule has 0 fully saturated rings. The number of esters is 1. The van der Waals surface area contributed by atoms with Crippen molar-refractivity contribution >= 4 is 35.8 Å². The number of hydrogen-bond donors (Lipinski definition) is 2. The van der Waals surface area contributed by atoms with Crippen LogP contribution in [0.3, 0.4) is 0 Å². The minimum absolute atomic E-state index is 0.0133. The first-order valence-electron chi connectivity index (χ1n) is 13.0. The van der Waals surface area contributed by atoms with Crippen LogP contribution in [0.2, 0.25) is 0 Å². The Balaban J connectivity index is 1.49. The minimum Gasteiger partial charge on any atom is -0.493 e. The van der Waals surface area contributed by atoms with Crippen molar-refractivity contribution < 1.29 is 23.9 Å². The van der Waals surface area contributed by atoms with Gasteiger partial charge < -0.3 is 19.7 Å². The number of carbonyl (C=O) groups excluding carboxylic acids is 3. The molecule has 42 heavy (non-hydrogen) atoms. The summed E-state index contributed by atoms with van der Waals surface area (Å²) in [5.41, 5.74) is 5.57. The lowest BCUT2D eigenvalue weighted by Gasteiger charge is -2.13. The van der Waals surface area contributed by atoms with Crippen molar-refractivity contribution in [2.75, 3.05) is 26.1 Å². The summed E-state index contributed by atoms with van der Waals surface area (Å²) in [6.45, 7) is 0. The van der Waals surface area contributed by atoms with Crippen molar-refractivity contribution in [2.45, 2.75) is 0 Å². The third kappa shape index (κ3) is 7.92. The molecule has 4 aromatic rings. The molecule has 0 aliphatic carbocycles. The smallest absolute Gasteiger partial charge is 0.343 e. The predicted octanol–water partition coefficient (Wildman–Crippen LogP) is 4.90. The molecule has 0 aliphatic heterocycles. The van der Waals surface area contributed by atoms with Crippen molar-refractivity contribution in [1.29, 1.82) is 0 Å². The number of nitrogens with one attached hydrogen (secondary N) is 2. The molecule has 4 rings (SSSR count). The largest absolute Gasteiger partial charge is 0.493 e. The number of nitrogens with zero attached hydrogens (tertiary/aromatic N) is 2. The van der Waals surface area contributed by atoms with Gasteiger partial charge in [-0.3, -0.25) is 9.59 Å². The van der Waals surface area contributed by atoms with E-state index in [1.165, 1.54) is 13.3 Å². The molecule has 0 atom stereocenters. The fourth-order valence-electron chi connectivity index (χ4n) is 3.79. The summed E-state index contributed by atoms with van der Waals surface area (Å²) >= 11 is 0. The van der Waals surface area contributed by atoms with E-state index in [9.17, 15) is 14.4 Å². The van der Waals surface area contributed by atoms with Gasteiger partial charge in [-0.25, -0.2) is 10.2 Å². The van der Waals surface area contributed by atoms with Gasteiger partial charge in [0.05, 0.1) is 18.9 Å². The van der Waals surface area contributed by atoms with E-state index >= 15 is 0 Å². The zero-order chi connectivity index (χ0) is 29.9. The number of carbonyl (C=O) groups is 3. The van der Waals surface area contributed by atoms with Crippen molar-refractivity contribution in [1.82, 2.24) is 10.7 Å². The van der Waals surface area contributed by atoms with Crippen LogP contribution in [-0.2, 0) is 4.79 Å². The molecule has 9 heteroatoms.